The molecular weight excluding hydrogens is 310 g/mol. The van der Waals surface area contributed by atoms with Crippen LogP contribution in [-0.2, 0) is 22.4 Å². The standard InChI is InChI=1S/C18H25NO3S/c20-17(19-14-8-4-2-1-3-5-9-14)12-22-18(21)16-11-13-7-6-10-15(13)23-16/h11,14H,1-10,12H2,(H,19,20). The fourth-order valence-corrected chi connectivity index (χ4v) is 4.65. The van der Waals surface area contributed by atoms with Crippen LogP contribution in [0.15, 0.2) is 6.07 Å². The van der Waals surface area contributed by atoms with Crippen LogP contribution in [0.2, 0.25) is 0 Å². The Kier molecular flexibility index (Phi) is 5.70. The second-order valence-corrected chi connectivity index (χ2v) is 7.74. The van der Waals surface area contributed by atoms with Gasteiger partial charge in [0.25, 0.3) is 5.91 Å². The molecule has 5 heteroatoms. The number of hydrogen-bond donors (Lipinski definition) is 1. The molecule has 3 rings (SSSR count). The van der Waals surface area contributed by atoms with E-state index >= 15 is 0 Å². The van der Waals surface area contributed by atoms with E-state index in [9.17, 15) is 9.59 Å². The van der Waals surface area contributed by atoms with E-state index in [1.54, 1.807) is 0 Å². The van der Waals surface area contributed by atoms with Gasteiger partial charge in [0.1, 0.15) is 4.88 Å². The lowest BCUT2D eigenvalue weighted by Crippen LogP contribution is -2.38. The first-order chi connectivity index (χ1) is 11.2. The van der Waals surface area contributed by atoms with Crippen molar-refractivity contribution in [1.29, 1.82) is 0 Å². The molecule has 0 spiro atoms. The monoisotopic (exact) mass is 335 g/mol. The van der Waals surface area contributed by atoms with Gasteiger partial charge in [0, 0.05) is 10.9 Å². The van der Waals surface area contributed by atoms with Crippen molar-refractivity contribution in [2.75, 3.05) is 6.61 Å². The zero-order valence-corrected chi connectivity index (χ0v) is 14.4. The van der Waals surface area contributed by atoms with Gasteiger partial charge >= 0.3 is 5.97 Å². The molecule has 1 aromatic heterocycles. The first kappa shape index (κ1) is 16.5. The van der Waals surface area contributed by atoms with Crippen LogP contribution < -0.4 is 5.32 Å². The number of fused-ring (bicyclic) bond motifs is 1. The Morgan fingerprint density at radius 1 is 1.09 bits per heavy atom. The lowest BCUT2D eigenvalue weighted by molar-refractivity contribution is -0.125. The third kappa shape index (κ3) is 4.56. The quantitative estimate of drug-likeness (QED) is 0.855. The van der Waals surface area contributed by atoms with E-state index in [0.29, 0.717) is 4.88 Å². The normalized spacial score (nSPS) is 18.8. The molecule has 1 fully saturated rings. The second kappa shape index (κ2) is 7.95. The predicted octanol–water partition coefficient (Wildman–Crippen LogP) is 3.62. The number of ether oxygens (including phenoxy) is 1. The van der Waals surface area contributed by atoms with Gasteiger partial charge in [0.2, 0.25) is 0 Å². The summed E-state index contributed by atoms with van der Waals surface area (Å²) in [5.41, 5.74) is 1.28. The molecule has 0 radical (unpaired) electrons. The third-order valence-electron chi connectivity index (χ3n) is 4.75. The molecule has 1 aromatic rings. The average molecular weight is 335 g/mol. The Morgan fingerprint density at radius 3 is 2.57 bits per heavy atom. The summed E-state index contributed by atoms with van der Waals surface area (Å²) in [4.78, 5) is 26.0. The Bertz CT molecular complexity index is 537. The number of carbonyl (C=O) groups excluding carboxylic acids is 2. The summed E-state index contributed by atoms with van der Waals surface area (Å²) in [6.07, 6.45) is 11.5. The number of amides is 1. The maximum Gasteiger partial charge on any atom is 0.348 e. The maximum absolute atomic E-state index is 12.1. The van der Waals surface area contributed by atoms with Crippen molar-refractivity contribution in [2.24, 2.45) is 0 Å². The first-order valence-electron chi connectivity index (χ1n) is 8.80. The molecule has 1 N–H and O–H groups in total. The van der Waals surface area contributed by atoms with Crippen LogP contribution in [0, 0.1) is 0 Å². The number of hydrogen-bond acceptors (Lipinski definition) is 4. The number of thiophene rings is 1. The predicted molar refractivity (Wildman–Crippen MR) is 90.9 cm³/mol. The molecule has 1 saturated carbocycles. The van der Waals surface area contributed by atoms with E-state index in [-0.39, 0.29) is 24.5 Å². The summed E-state index contributed by atoms with van der Waals surface area (Å²) in [6, 6.07) is 2.18. The number of aryl methyl sites for hydroxylation is 2. The van der Waals surface area contributed by atoms with E-state index in [4.69, 9.17) is 4.74 Å². The van der Waals surface area contributed by atoms with Crippen LogP contribution in [0.3, 0.4) is 0 Å². The van der Waals surface area contributed by atoms with Gasteiger partial charge < -0.3 is 10.1 Å². The molecule has 4 nitrogen and oxygen atoms in total. The van der Waals surface area contributed by atoms with Gasteiger partial charge in [-0.05, 0) is 43.7 Å². The molecule has 126 valence electrons. The Labute approximate surface area is 141 Å². The lowest BCUT2D eigenvalue weighted by atomic mass is 9.97. The van der Waals surface area contributed by atoms with Gasteiger partial charge in [-0.3, -0.25) is 4.79 Å². The molecule has 0 unspecified atom stereocenters. The van der Waals surface area contributed by atoms with E-state index in [1.165, 1.54) is 60.3 Å². The minimum atomic E-state index is -0.364. The largest absolute Gasteiger partial charge is 0.451 e. The highest BCUT2D eigenvalue weighted by Gasteiger charge is 2.20. The number of rotatable bonds is 4. The fraction of sp³-hybridized carbons (Fsp3) is 0.667. The second-order valence-electron chi connectivity index (χ2n) is 6.60. The van der Waals surface area contributed by atoms with Crippen molar-refractivity contribution in [2.45, 2.75) is 70.3 Å². The van der Waals surface area contributed by atoms with Gasteiger partial charge in [-0.1, -0.05) is 32.1 Å². The van der Waals surface area contributed by atoms with Crippen LogP contribution in [-0.4, -0.2) is 24.5 Å². The van der Waals surface area contributed by atoms with Gasteiger partial charge in [-0.25, -0.2) is 4.79 Å². The summed E-state index contributed by atoms with van der Waals surface area (Å²) in [6.45, 7) is -0.169. The van der Waals surface area contributed by atoms with E-state index < -0.39 is 0 Å². The van der Waals surface area contributed by atoms with E-state index in [0.717, 1.165) is 25.7 Å². The maximum atomic E-state index is 12.1. The number of carbonyl (C=O) groups is 2. The molecule has 0 saturated heterocycles. The highest BCUT2D eigenvalue weighted by molar-refractivity contribution is 7.14. The zero-order valence-electron chi connectivity index (χ0n) is 13.6. The fourth-order valence-electron chi connectivity index (χ4n) is 3.50. The number of nitrogens with one attached hydrogen (secondary N) is 1. The Hall–Kier alpha value is -1.36. The van der Waals surface area contributed by atoms with Crippen LogP contribution in [0.25, 0.3) is 0 Å². The van der Waals surface area contributed by atoms with Crippen LogP contribution >= 0.6 is 11.3 Å². The summed E-state index contributed by atoms with van der Waals surface area (Å²) < 4.78 is 5.18. The van der Waals surface area contributed by atoms with Crippen molar-refractivity contribution in [3.8, 4) is 0 Å². The molecule has 0 aromatic carbocycles. The average Bonchev–Trinajstić information content (AvgIpc) is 3.08. The van der Waals surface area contributed by atoms with Crippen molar-refractivity contribution >= 4 is 23.2 Å². The van der Waals surface area contributed by atoms with Crippen molar-refractivity contribution < 1.29 is 14.3 Å². The minimum Gasteiger partial charge on any atom is -0.451 e. The van der Waals surface area contributed by atoms with Crippen molar-refractivity contribution in [3.63, 3.8) is 0 Å². The van der Waals surface area contributed by atoms with Gasteiger partial charge in [-0.2, -0.15) is 0 Å². The molecule has 0 bridgehead atoms. The van der Waals surface area contributed by atoms with Gasteiger partial charge in [0.05, 0.1) is 0 Å². The third-order valence-corrected chi connectivity index (χ3v) is 5.97. The molecule has 2 aliphatic carbocycles. The van der Waals surface area contributed by atoms with Crippen LogP contribution in [0.1, 0.15) is 71.5 Å². The number of esters is 1. The summed E-state index contributed by atoms with van der Waals surface area (Å²) in [5, 5.41) is 3.02. The molecule has 1 amide bonds. The lowest BCUT2D eigenvalue weighted by Gasteiger charge is -2.20. The molecule has 1 heterocycles. The Balaban J connectivity index is 1.43. The smallest absolute Gasteiger partial charge is 0.348 e. The molecule has 0 atom stereocenters. The highest BCUT2D eigenvalue weighted by Crippen LogP contribution is 2.30. The van der Waals surface area contributed by atoms with Crippen molar-refractivity contribution in [3.05, 3.63) is 21.4 Å². The van der Waals surface area contributed by atoms with Crippen LogP contribution in [0.5, 0.6) is 0 Å². The SMILES string of the molecule is O=C(COC(=O)c1cc2c(s1)CCC2)NC1CCCCCCC1. The van der Waals surface area contributed by atoms with E-state index in [2.05, 4.69) is 5.32 Å². The minimum absolute atomic E-state index is 0.169. The van der Waals surface area contributed by atoms with Gasteiger partial charge in [0.15, 0.2) is 6.61 Å². The summed E-state index contributed by atoms with van der Waals surface area (Å²) in [7, 11) is 0. The topological polar surface area (TPSA) is 55.4 Å². The zero-order chi connectivity index (χ0) is 16.1. The summed E-state index contributed by atoms with van der Waals surface area (Å²) in [5.74, 6) is -0.537. The molecule has 0 aliphatic heterocycles. The molecular formula is C18H25NO3S. The highest BCUT2D eigenvalue weighted by atomic mass is 32.1. The molecule has 2 aliphatic rings. The Morgan fingerprint density at radius 2 is 1.83 bits per heavy atom. The van der Waals surface area contributed by atoms with Crippen LogP contribution in [0.4, 0.5) is 0 Å². The first-order valence-corrected chi connectivity index (χ1v) is 9.62. The van der Waals surface area contributed by atoms with Crippen molar-refractivity contribution in [1.82, 2.24) is 5.32 Å². The van der Waals surface area contributed by atoms with E-state index in [1.807, 2.05) is 6.07 Å². The molecule has 23 heavy (non-hydrogen) atoms. The van der Waals surface area contributed by atoms with Gasteiger partial charge in [-0.15, -0.1) is 11.3 Å². The summed E-state index contributed by atoms with van der Waals surface area (Å²) >= 11 is 1.52.